The zero-order valence-electron chi connectivity index (χ0n) is 9.19. The highest BCUT2D eigenvalue weighted by Crippen LogP contribution is 2.27. The van der Waals surface area contributed by atoms with Gasteiger partial charge in [0.15, 0.2) is 0 Å². The van der Waals surface area contributed by atoms with Gasteiger partial charge in [-0.25, -0.2) is 0 Å². The zero-order chi connectivity index (χ0) is 11.3. The van der Waals surface area contributed by atoms with Crippen molar-refractivity contribution in [1.29, 1.82) is 0 Å². The first kappa shape index (κ1) is 12.5. The molecule has 1 aliphatic rings. The normalized spacial score (nSPS) is 26.3. The molecule has 0 radical (unpaired) electrons. The molecule has 2 N–H and O–H groups in total. The third kappa shape index (κ3) is 4.22. The Bertz CT molecular complexity index is 208. The molecule has 0 saturated heterocycles. The molecule has 1 saturated carbocycles. The third-order valence-corrected chi connectivity index (χ3v) is 2.89. The Balaban J connectivity index is 2.33. The Kier molecular flexibility index (Phi) is 5.12. The van der Waals surface area contributed by atoms with Crippen molar-refractivity contribution >= 4 is 12.9 Å². The number of aliphatic carboxylic acids is 1. The Labute approximate surface area is 90.7 Å². The lowest BCUT2D eigenvalue weighted by Gasteiger charge is -2.28. The standard InChI is InChI=1S/C10H19BO4/c1-11(14)6-7-15-9-5-3-2-4-8(9)10(12)13/h8-9,14H,2-7H2,1H3,(H,12,13). The zero-order valence-corrected chi connectivity index (χ0v) is 9.19. The van der Waals surface area contributed by atoms with Crippen molar-refractivity contribution in [2.45, 2.75) is 44.9 Å². The monoisotopic (exact) mass is 214 g/mol. The molecular weight excluding hydrogens is 195 g/mol. The van der Waals surface area contributed by atoms with Gasteiger partial charge in [-0.1, -0.05) is 19.7 Å². The summed E-state index contributed by atoms with van der Waals surface area (Å²) in [5, 5.41) is 18.0. The molecule has 1 aliphatic carbocycles. The van der Waals surface area contributed by atoms with Crippen LogP contribution in [0.2, 0.25) is 13.1 Å². The van der Waals surface area contributed by atoms with Gasteiger partial charge in [0.05, 0.1) is 12.0 Å². The topological polar surface area (TPSA) is 66.8 Å². The molecular formula is C10H19BO4. The van der Waals surface area contributed by atoms with Gasteiger partial charge in [-0.15, -0.1) is 0 Å². The Morgan fingerprint density at radius 2 is 2.13 bits per heavy atom. The van der Waals surface area contributed by atoms with Crippen molar-refractivity contribution in [2.75, 3.05) is 6.61 Å². The van der Waals surface area contributed by atoms with E-state index >= 15 is 0 Å². The maximum atomic E-state index is 10.9. The fraction of sp³-hybridized carbons (Fsp3) is 0.900. The van der Waals surface area contributed by atoms with Crippen LogP contribution in [0.15, 0.2) is 0 Å². The molecule has 0 bridgehead atoms. The van der Waals surface area contributed by atoms with Gasteiger partial charge < -0.3 is 14.9 Å². The summed E-state index contributed by atoms with van der Waals surface area (Å²) in [7, 11) is 0. The van der Waals surface area contributed by atoms with Gasteiger partial charge in [0.1, 0.15) is 0 Å². The van der Waals surface area contributed by atoms with Gasteiger partial charge in [-0.05, 0) is 19.2 Å². The number of hydrogen-bond acceptors (Lipinski definition) is 3. The molecule has 2 unspecified atom stereocenters. The van der Waals surface area contributed by atoms with Crippen molar-refractivity contribution in [3.05, 3.63) is 0 Å². The first-order chi connectivity index (χ1) is 7.11. The number of carbonyl (C=O) groups is 1. The minimum absolute atomic E-state index is 0.157. The van der Waals surface area contributed by atoms with Crippen molar-refractivity contribution in [2.24, 2.45) is 5.92 Å². The van der Waals surface area contributed by atoms with E-state index in [2.05, 4.69) is 0 Å². The number of ether oxygens (including phenoxy) is 1. The minimum Gasteiger partial charge on any atom is -0.481 e. The number of rotatable bonds is 5. The lowest BCUT2D eigenvalue weighted by Crippen LogP contribution is -2.34. The van der Waals surface area contributed by atoms with Crippen LogP contribution < -0.4 is 0 Å². The lowest BCUT2D eigenvalue weighted by molar-refractivity contribution is -0.149. The molecule has 0 amide bonds. The largest absolute Gasteiger partial charge is 0.481 e. The average Bonchev–Trinajstić information content (AvgIpc) is 2.17. The molecule has 0 aromatic carbocycles. The Morgan fingerprint density at radius 1 is 1.47 bits per heavy atom. The van der Waals surface area contributed by atoms with Crippen LogP contribution in [0.5, 0.6) is 0 Å². The van der Waals surface area contributed by atoms with Gasteiger partial charge in [-0.3, -0.25) is 4.79 Å². The first-order valence-corrected chi connectivity index (χ1v) is 5.63. The summed E-state index contributed by atoms with van der Waals surface area (Å²) in [5.41, 5.74) is 0. The van der Waals surface area contributed by atoms with Crippen molar-refractivity contribution in [3.8, 4) is 0 Å². The van der Waals surface area contributed by atoms with Crippen molar-refractivity contribution in [1.82, 2.24) is 0 Å². The summed E-state index contributed by atoms with van der Waals surface area (Å²) in [4.78, 5) is 10.9. The van der Waals surface area contributed by atoms with Crippen molar-refractivity contribution in [3.63, 3.8) is 0 Å². The fourth-order valence-corrected chi connectivity index (χ4v) is 1.97. The maximum absolute atomic E-state index is 10.9. The molecule has 0 spiro atoms. The highest BCUT2D eigenvalue weighted by atomic mass is 16.5. The van der Waals surface area contributed by atoms with Crippen LogP contribution in [-0.2, 0) is 9.53 Å². The van der Waals surface area contributed by atoms with E-state index in [-0.39, 0.29) is 18.9 Å². The van der Waals surface area contributed by atoms with Gasteiger partial charge in [-0.2, -0.15) is 0 Å². The van der Waals surface area contributed by atoms with E-state index in [1.165, 1.54) is 0 Å². The van der Waals surface area contributed by atoms with Crippen LogP contribution >= 0.6 is 0 Å². The molecule has 1 fully saturated rings. The minimum atomic E-state index is -0.753. The molecule has 2 atom stereocenters. The van der Waals surface area contributed by atoms with E-state index < -0.39 is 5.97 Å². The summed E-state index contributed by atoms with van der Waals surface area (Å²) in [6.45, 7) is 1.78. The quantitative estimate of drug-likeness (QED) is 0.676. The smallest absolute Gasteiger partial charge is 0.309 e. The molecule has 86 valence electrons. The van der Waals surface area contributed by atoms with E-state index in [9.17, 15) is 4.79 Å². The molecule has 0 aromatic heterocycles. The summed E-state index contributed by atoms with van der Waals surface area (Å²) < 4.78 is 5.53. The molecule has 0 aromatic rings. The van der Waals surface area contributed by atoms with E-state index in [0.717, 1.165) is 19.3 Å². The predicted octanol–water partition coefficient (Wildman–Crippen LogP) is 1.26. The van der Waals surface area contributed by atoms with Crippen LogP contribution in [0.25, 0.3) is 0 Å². The van der Waals surface area contributed by atoms with Crippen LogP contribution in [-0.4, -0.2) is 35.7 Å². The summed E-state index contributed by atoms with van der Waals surface area (Å²) in [5.74, 6) is -1.11. The van der Waals surface area contributed by atoms with Gasteiger partial charge in [0.25, 0.3) is 6.92 Å². The highest BCUT2D eigenvalue weighted by molar-refractivity contribution is 6.48. The summed E-state index contributed by atoms with van der Waals surface area (Å²) in [6, 6.07) is 0. The fourth-order valence-electron chi connectivity index (χ4n) is 1.97. The highest BCUT2D eigenvalue weighted by Gasteiger charge is 2.31. The first-order valence-electron chi connectivity index (χ1n) is 5.63. The second-order valence-corrected chi connectivity index (χ2v) is 4.28. The molecule has 5 heteroatoms. The van der Waals surface area contributed by atoms with E-state index in [4.69, 9.17) is 14.9 Å². The maximum Gasteiger partial charge on any atom is 0.309 e. The second-order valence-electron chi connectivity index (χ2n) is 4.28. The molecule has 1 rings (SSSR count). The SMILES string of the molecule is CB(O)CCOC1CCCCC1C(=O)O. The third-order valence-electron chi connectivity index (χ3n) is 2.89. The molecule has 0 aliphatic heterocycles. The Morgan fingerprint density at radius 3 is 2.73 bits per heavy atom. The molecule has 0 heterocycles. The van der Waals surface area contributed by atoms with E-state index in [1.54, 1.807) is 6.82 Å². The number of carboxylic acids is 1. The average molecular weight is 214 g/mol. The van der Waals surface area contributed by atoms with Crippen LogP contribution in [0.3, 0.4) is 0 Å². The molecule has 4 nitrogen and oxygen atoms in total. The van der Waals surface area contributed by atoms with E-state index in [0.29, 0.717) is 19.3 Å². The number of carboxylic acid groups (broad SMARTS) is 1. The van der Waals surface area contributed by atoms with Gasteiger partial charge in [0, 0.05) is 6.61 Å². The van der Waals surface area contributed by atoms with E-state index in [1.807, 2.05) is 0 Å². The van der Waals surface area contributed by atoms with Crippen LogP contribution in [0, 0.1) is 5.92 Å². The summed E-state index contributed by atoms with van der Waals surface area (Å²) >= 11 is 0. The van der Waals surface area contributed by atoms with Gasteiger partial charge >= 0.3 is 5.97 Å². The predicted molar refractivity (Wildman–Crippen MR) is 58.0 cm³/mol. The van der Waals surface area contributed by atoms with Gasteiger partial charge in [0.2, 0.25) is 0 Å². The Hall–Kier alpha value is -0.545. The number of hydrogen-bond donors (Lipinski definition) is 2. The lowest BCUT2D eigenvalue weighted by atomic mass is 9.69. The van der Waals surface area contributed by atoms with Crippen molar-refractivity contribution < 1.29 is 19.7 Å². The second kappa shape index (κ2) is 6.13. The van der Waals surface area contributed by atoms with Crippen LogP contribution in [0.4, 0.5) is 0 Å². The van der Waals surface area contributed by atoms with Crippen LogP contribution in [0.1, 0.15) is 25.7 Å². The summed E-state index contributed by atoms with van der Waals surface area (Å²) in [6.07, 6.45) is 3.99. The molecule has 15 heavy (non-hydrogen) atoms.